The summed E-state index contributed by atoms with van der Waals surface area (Å²) in [5.74, 6) is 1.97. The Hall–Kier alpha value is -6.49. The fourth-order valence-electron chi connectivity index (χ4n) is 7.15. The van der Waals surface area contributed by atoms with Gasteiger partial charge in [0.1, 0.15) is 0 Å². The zero-order valence-corrected chi connectivity index (χ0v) is 28.3. The van der Waals surface area contributed by atoms with Crippen molar-refractivity contribution in [2.24, 2.45) is 0 Å². The summed E-state index contributed by atoms with van der Waals surface area (Å²) >= 11 is 1.79. The van der Waals surface area contributed by atoms with Gasteiger partial charge in [0, 0.05) is 36.9 Å². The lowest BCUT2D eigenvalue weighted by molar-refractivity contribution is 1.08. The number of nitrogens with zero attached hydrogens (tertiary/aromatic N) is 3. The molecule has 0 radical (unpaired) electrons. The van der Waals surface area contributed by atoms with Crippen molar-refractivity contribution in [3.8, 4) is 56.4 Å². The minimum Gasteiger partial charge on any atom is -0.208 e. The highest BCUT2D eigenvalue weighted by molar-refractivity contribution is 7.26. The van der Waals surface area contributed by atoms with Crippen molar-refractivity contribution in [2.75, 3.05) is 0 Å². The molecule has 238 valence electrons. The molecule has 51 heavy (non-hydrogen) atoms. The molecule has 3 nitrogen and oxygen atoms in total. The predicted octanol–water partition coefficient (Wildman–Crippen LogP) is 12.9. The molecule has 0 amide bonds. The van der Waals surface area contributed by atoms with E-state index in [1.807, 2.05) is 6.07 Å². The molecule has 10 aromatic rings. The van der Waals surface area contributed by atoms with Gasteiger partial charge in [0.15, 0.2) is 17.5 Å². The Kier molecular flexibility index (Phi) is 7.00. The molecule has 2 heterocycles. The molecule has 0 aliphatic rings. The Morgan fingerprint density at radius 1 is 0.314 bits per heavy atom. The highest BCUT2D eigenvalue weighted by Crippen LogP contribution is 2.40. The molecule has 0 bridgehead atoms. The molecule has 0 unspecified atom stereocenters. The van der Waals surface area contributed by atoms with Crippen molar-refractivity contribution in [2.45, 2.75) is 0 Å². The molecule has 2 aromatic heterocycles. The summed E-state index contributed by atoms with van der Waals surface area (Å²) in [6.07, 6.45) is 0. The van der Waals surface area contributed by atoms with Crippen LogP contribution in [-0.2, 0) is 0 Å². The topological polar surface area (TPSA) is 38.7 Å². The first-order valence-corrected chi connectivity index (χ1v) is 17.9. The summed E-state index contributed by atoms with van der Waals surface area (Å²) in [7, 11) is 0. The molecule has 0 spiro atoms. The highest BCUT2D eigenvalue weighted by atomic mass is 32.1. The SMILES string of the molecule is c1ccc(-c2ccc(-c3nc(-c4ccc5ccc(-c6cccc7ccccc67)cc5c4)nc(-c4cccc5c4sc4ccccc45)n3)cc2)cc1. The highest BCUT2D eigenvalue weighted by Gasteiger charge is 2.17. The third kappa shape index (κ3) is 5.25. The summed E-state index contributed by atoms with van der Waals surface area (Å²) in [5, 5.41) is 7.26. The summed E-state index contributed by atoms with van der Waals surface area (Å²) < 4.78 is 2.43. The van der Waals surface area contributed by atoms with Crippen LogP contribution in [0, 0.1) is 0 Å². The minimum atomic E-state index is 0.650. The van der Waals surface area contributed by atoms with Crippen LogP contribution in [0.3, 0.4) is 0 Å². The van der Waals surface area contributed by atoms with E-state index in [1.165, 1.54) is 53.0 Å². The number of aromatic nitrogens is 3. The summed E-state index contributed by atoms with van der Waals surface area (Å²) in [5.41, 5.74) is 7.65. The van der Waals surface area contributed by atoms with E-state index < -0.39 is 0 Å². The van der Waals surface area contributed by atoms with Gasteiger partial charge < -0.3 is 0 Å². The van der Waals surface area contributed by atoms with Crippen molar-refractivity contribution >= 4 is 53.1 Å². The number of benzene rings is 8. The summed E-state index contributed by atoms with van der Waals surface area (Å²) in [6, 6.07) is 62.3. The first-order chi connectivity index (χ1) is 25.2. The van der Waals surface area contributed by atoms with Gasteiger partial charge >= 0.3 is 0 Å². The van der Waals surface area contributed by atoms with Crippen LogP contribution < -0.4 is 0 Å². The normalized spacial score (nSPS) is 11.5. The molecule has 0 aliphatic heterocycles. The largest absolute Gasteiger partial charge is 0.208 e. The number of rotatable bonds is 5. The van der Waals surface area contributed by atoms with Crippen LogP contribution >= 0.6 is 11.3 Å². The van der Waals surface area contributed by atoms with E-state index in [2.05, 4.69) is 170 Å². The first kappa shape index (κ1) is 29.4. The Morgan fingerprint density at radius 3 is 1.75 bits per heavy atom. The Bertz CT molecular complexity index is 2900. The van der Waals surface area contributed by atoms with Crippen LogP contribution in [0.2, 0.25) is 0 Å². The Labute approximate surface area is 299 Å². The lowest BCUT2D eigenvalue weighted by Crippen LogP contribution is -2.00. The molecule has 0 saturated carbocycles. The van der Waals surface area contributed by atoms with Gasteiger partial charge in [-0.05, 0) is 68.1 Å². The van der Waals surface area contributed by atoms with Gasteiger partial charge in [-0.3, -0.25) is 0 Å². The average Bonchev–Trinajstić information content (AvgIpc) is 3.59. The van der Waals surface area contributed by atoms with Gasteiger partial charge in [0.25, 0.3) is 0 Å². The van der Waals surface area contributed by atoms with Crippen LogP contribution in [0.1, 0.15) is 0 Å². The quantitative estimate of drug-likeness (QED) is 0.183. The van der Waals surface area contributed by atoms with Gasteiger partial charge in [0.2, 0.25) is 0 Å². The molecular formula is C47H29N3S. The smallest absolute Gasteiger partial charge is 0.165 e. The number of fused-ring (bicyclic) bond motifs is 5. The van der Waals surface area contributed by atoms with E-state index in [4.69, 9.17) is 15.0 Å². The average molecular weight is 668 g/mol. The van der Waals surface area contributed by atoms with Crippen LogP contribution in [0.5, 0.6) is 0 Å². The lowest BCUT2D eigenvalue weighted by Gasteiger charge is -2.11. The van der Waals surface area contributed by atoms with E-state index in [-0.39, 0.29) is 0 Å². The number of hydrogen-bond donors (Lipinski definition) is 0. The minimum absolute atomic E-state index is 0.650. The van der Waals surface area contributed by atoms with Crippen molar-refractivity contribution in [1.29, 1.82) is 0 Å². The number of hydrogen-bond acceptors (Lipinski definition) is 4. The Balaban J connectivity index is 1.14. The molecule has 0 N–H and O–H groups in total. The molecule has 0 saturated heterocycles. The maximum absolute atomic E-state index is 5.20. The Morgan fingerprint density at radius 2 is 0.882 bits per heavy atom. The monoisotopic (exact) mass is 667 g/mol. The van der Waals surface area contributed by atoms with Crippen LogP contribution in [-0.4, -0.2) is 15.0 Å². The number of thiophene rings is 1. The maximum atomic E-state index is 5.20. The van der Waals surface area contributed by atoms with Crippen molar-refractivity contribution in [1.82, 2.24) is 15.0 Å². The standard InChI is InChI=1S/C47H29N3S/c1-2-10-30(11-3-1)31-20-24-34(25-21-31)45-48-46(50-47(49-45)42-18-9-17-41-40-15-6-7-19-43(40)51-44(41)42)36-27-23-32-22-26-35(28-37(32)29-36)39-16-8-13-33-12-4-5-14-38(33)39/h1-29H. The molecule has 0 fully saturated rings. The van der Waals surface area contributed by atoms with E-state index in [1.54, 1.807) is 11.3 Å². The fourth-order valence-corrected chi connectivity index (χ4v) is 8.36. The molecule has 8 aromatic carbocycles. The molecule has 0 atom stereocenters. The van der Waals surface area contributed by atoms with E-state index in [9.17, 15) is 0 Å². The predicted molar refractivity (Wildman–Crippen MR) is 215 cm³/mol. The molecule has 0 aliphatic carbocycles. The van der Waals surface area contributed by atoms with E-state index in [0.717, 1.165) is 27.6 Å². The van der Waals surface area contributed by atoms with Crippen molar-refractivity contribution < 1.29 is 0 Å². The third-order valence-corrected chi connectivity index (χ3v) is 10.9. The van der Waals surface area contributed by atoms with Gasteiger partial charge in [-0.1, -0.05) is 152 Å². The molecule has 4 heteroatoms. The molecule has 10 rings (SSSR count). The van der Waals surface area contributed by atoms with Gasteiger partial charge in [-0.2, -0.15) is 0 Å². The van der Waals surface area contributed by atoms with Gasteiger partial charge in [0.05, 0.1) is 0 Å². The first-order valence-electron chi connectivity index (χ1n) is 17.1. The third-order valence-electron chi connectivity index (χ3n) is 9.73. The zero-order valence-electron chi connectivity index (χ0n) is 27.5. The lowest BCUT2D eigenvalue weighted by atomic mass is 9.95. The van der Waals surface area contributed by atoms with Crippen molar-refractivity contribution in [3.63, 3.8) is 0 Å². The second-order valence-corrected chi connectivity index (χ2v) is 13.9. The van der Waals surface area contributed by atoms with Crippen LogP contribution in [0.4, 0.5) is 0 Å². The van der Waals surface area contributed by atoms with Gasteiger partial charge in [-0.15, -0.1) is 11.3 Å². The summed E-state index contributed by atoms with van der Waals surface area (Å²) in [4.78, 5) is 15.5. The van der Waals surface area contributed by atoms with E-state index >= 15 is 0 Å². The zero-order chi connectivity index (χ0) is 33.7. The second kappa shape index (κ2) is 12.1. The molecular weight excluding hydrogens is 639 g/mol. The summed E-state index contributed by atoms with van der Waals surface area (Å²) in [6.45, 7) is 0. The van der Waals surface area contributed by atoms with Gasteiger partial charge in [-0.25, -0.2) is 15.0 Å². The second-order valence-electron chi connectivity index (χ2n) is 12.8. The fraction of sp³-hybridized carbons (Fsp3) is 0. The van der Waals surface area contributed by atoms with Crippen LogP contribution in [0.25, 0.3) is 98.1 Å². The van der Waals surface area contributed by atoms with E-state index in [0.29, 0.717) is 17.5 Å². The maximum Gasteiger partial charge on any atom is 0.165 e. The van der Waals surface area contributed by atoms with Crippen LogP contribution in [0.15, 0.2) is 176 Å². The van der Waals surface area contributed by atoms with Crippen molar-refractivity contribution in [3.05, 3.63) is 176 Å².